The van der Waals surface area contributed by atoms with Crippen molar-refractivity contribution in [2.45, 2.75) is 77.6 Å². The van der Waals surface area contributed by atoms with Gasteiger partial charge in [0.05, 0.1) is 6.61 Å². The topological polar surface area (TPSA) is 72.8 Å². The lowest BCUT2D eigenvalue weighted by Gasteiger charge is -2.03. The molecule has 0 saturated heterocycles. The minimum absolute atomic E-state index is 0.252. The average molecular weight is 288 g/mol. The molecule has 20 heavy (non-hydrogen) atoms. The molecule has 0 aliphatic heterocycles. The molecule has 5 nitrogen and oxygen atoms in total. The summed E-state index contributed by atoms with van der Waals surface area (Å²) in [5, 5.41) is 8.47. The molecule has 0 aliphatic carbocycles. The quantitative estimate of drug-likeness (QED) is 0.298. The smallest absolute Gasteiger partial charge is 0.342 e. The average Bonchev–Trinajstić information content (AvgIpc) is 2.41. The summed E-state index contributed by atoms with van der Waals surface area (Å²) >= 11 is 0. The molecule has 118 valence electrons. The van der Waals surface area contributed by atoms with Crippen LogP contribution in [-0.4, -0.2) is 23.7 Å². The highest BCUT2D eigenvalue weighted by molar-refractivity contribution is 5.68. The third-order valence-electron chi connectivity index (χ3n) is 3.00. The van der Waals surface area contributed by atoms with Crippen LogP contribution in [0.1, 0.15) is 77.6 Å². The molecule has 0 radical (unpaired) electrons. The predicted molar refractivity (Wildman–Crippen MR) is 76.1 cm³/mol. The van der Waals surface area contributed by atoms with Gasteiger partial charge in [-0.05, 0) is 19.3 Å². The summed E-state index contributed by atoms with van der Waals surface area (Å²) in [6, 6.07) is 0. The van der Waals surface area contributed by atoms with Crippen molar-refractivity contribution in [3.63, 3.8) is 0 Å². The number of carboxylic acids is 1. The Morgan fingerprint density at radius 2 is 1.45 bits per heavy atom. The molecule has 0 aromatic rings. The second-order valence-corrected chi connectivity index (χ2v) is 5.00. The van der Waals surface area contributed by atoms with E-state index >= 15 is 0 Å². The molecule has 0 heterocycles. The molecule has 0 bridgehead atoms. The Morgan fingerprint density at radius 3 is 2.05 bits per heavy atom. The highest BCUT2D eigenvalue weighted by atomic mass is 17.2. The molecular weight excluding hydrogens is 260 g/mol. The van der Waals surface area contributed by atoms with Crippen molar-refractivity contribution in [3.05, 3.63) is 0 Å². The molecule has 0 aromatic carbocycles. The van der Waals surface area contributed by atoms with E-state index in [1.807, 2.05) is 0 Å². The second-order valence-electron chi connectivity index (χ2n) is 5.00. The van der Waals surface area contributed by atoms with Crippen LogP contribution in [0.15, 0.2) is 0 Å². The number of rotatable bonds is 14. The van der Waals surface area contributed by atoms with E-state index in [4.69, 9.17) is 9.99 Å². The first-order chi connectivity index (χ1) is 9.66. The first-order valence-corrected chi connectivity index (χ1v) is 7.71. The number of carboxylic acid groups (broad SMARTS) is 1. The molecule has 0 aromatic heterocycles. The number of hydrogen-bond acceptors (Lipinski definition) is 4. The van der Waals surface area contributed by atoms with Crippen molar-refractivity contribution in [3.8, 4) is 0 Å². The van der Waals surface area contributed by atoms with Crippen molar-refractivity contribution < 1.29 is 24.5 Å². The number of hydrogen-bond donors (Lipinski definition) is 1. The summed E-state index contributed by atoms with van der Waals surface area (Å²) in [6.45, 7) is 2.58. The summed E-state index contributed by atoms with van der Waals surface area (Å²) in [5.41, 5.74) is 0. The minimum atomic E-state index is -0.730. The summed E-state index contributed by atoms with van der Waals surface area (Å²) in [5.74, 6) is -1.03. The number of carbonyl (C=O) groups is 2. The fraction of sp³-hybridized carbons (Fsp3) is 0.867. The van der Waals surface area contributed by atoms with Crippen LogP contribution >= 0.6 is 0 Å². The van der Waals surface area contributed by atoms with Gasteiger partial charge in [0.15, 0.2) is 0 Å². The van der Waals surface area contributed by atoms with E-state index in [0.717, 1.165) is 57.8 Å². The molecule has 0 rings (SSSR count). The zero-order valence-electron chi connectivity index (χ0n) is 12.6. The standard InChI is InChI=1S/C15H28O5/c1-2-3-10-13-19-20-15(18)12-9-7-5-4-6-8-11-14(16)17/h2-13H2,1H3,(H,16,17). The van der Waals surface area contributed by atoms with Crippen molar-refractivity contribution >= 4 is 11.9 Å². The highest BCUT2D eigenvalue weighted by Gasteiger charge is 2.03. The van der Waals surface area contributed by atoms with Gasteiger partial charge < -0.3 is 5.11 Å². The van der Waals surface area contributed by atoms with E-state index in [-0.39, 0.29) is 12.4 Å². The van der Waals surface area contributed by atoms with Gasteiger partial charge >= 0.3 is 11.9 Å². The molecule has 1 N–H and O–H groups in total. The van der Waals surface area contributed by atoms with Gasteiger partial charge in [0.2, 0.25) is 0 Å². The van der Waals surface area contributed by atoms with Crippen LogP contribution in [0.4, 0.5) is 0 Å². The fourth-order valence-corrected chi connectivity index (χ4v) is 1.81. The van der Waals surface area contributed by atoms with Gasteiger partial charge in [0, 0.05) is 12.8 Å². The SMILES string of the molecule is CCCCCOOC(=O)CCCCCCCCC(=O)O. The third-order valence-corrected chi connectivity index (χ3v) is 3.00. The Balaban J connectivity index is 3.17. The summed E-state index contributed by atoms with van der Waals surface area (Å²) < 4.78 is 0. The molecule has 0 aliphatic rings. The van der Waals surface area contributed by atoms with E-state index < -0.39 is 5.97 Å². The van der Waals surface area contributed by atoms with Crippen LogP contribution in [0.3, 0.4) is 0 Å². The molecule has 0 atom stereocenters. The fourth-order valence-electron chi connectivity index (χ4n) is 1.81. The van der Waals surface area contributed by atoms with Crippen molar-refractivity contribution in [2.24, 2.45) is 0 Å². The van der Waals surface area contributed by atoms with Crippen LogP contribution in [0.2, 0.25) is 0 Å². The van der Waals surface area contributed by atoms with Crippen molar-refractivity contribution in [2.75, 3.05) is 6.61 Å². The van der Waals surface area contributed by atoms with Crippen LogP contribution in [0, 0.1) is 0 Å². The number of aliphatic carboxylic acids is 1. The van der Waals surface area contributed by atoms with Gasteiger partial charge in [-0.15, -0.1) is 0 Å². The first-order valence-electron chi connectivity index (χ1n) is 7.71. The van der Waals surface area contributed by atoms with E-state index in [2.05, 4.69) is 11.8 Å². The lowest BCUT2D eigenvalue weighted by Crippen LogP contribution is -2.06. The molecule has 0 amide bonds. The van der Waals surface area contributed by atoms with Crippen LogP contribution in [0.25, 0.3) is 0 Å². The first kappa shape index (κ1) is 18.9. The maximum Gasteiger partial charge on any atom is 0.342 e. The van der Waals surface area contributed by atoms with Gasteiger partial charge in [0.25, 0.3) is 0 Å². The maximum atomic E-state index is 11.3. The summed E-state index contributed by atoms with van der Waals surface area (Å²) in [6.07, 6.45) is 9.27. The minimum Gasteiger partial charge on any atom is -0.481 e. The van der Waals surface area contributed by atoms with Gasteiger partial charge in [0.1, 0.15) is 0 Å². The van der Waals surface area contributed by atoms with Crippen molar-refractivity contribution in [1.82, 2.24) is 0 Å². The number of carbonyl (C=O) groups excluding carboxylic acids is 1. The zero-order valence-corrected chi connectivity index (χ0v) is 12.6. The van der Waals surface area contributed by atoms with Gasteiger partial charge in [-0.1, -0.05) is 45.4 Å². The highest BCUT2D eigenvalue weighted by Crippen LogP contribution is 2.09. The molecule has 0 saturated carbocycles. The summed E-state index contributed by atoms with van der Waals surface area (Å²) in [4.78, 5) is 31.0. The van der Waals surface area contributed by atoms with E-state index in [1.165, 1.54) is 0 Å². The number of unbranched alkanes of at least 4 members (excludes halogenated alkanes) is 7. The normalized spacial score (nSPS) is 10.4. The Morgan fingerprint density at radius 1 is 0.850 bits per heavy atom. The maximum absolute atomic E-state index is 11.3. The van der Waals surface area contributed by atoms with Gasteiger partial charge in [-0.25, -0.2) is 4.79 Å². The van der Waals surface area contributed by atoms with E-state index in [9.17, 15) is 9.59 Å². The lowest BCUT2D eigenvalue weighted by atomic mass is 10.1. The monoisotopic (exact) mass is 288 g/mol. The molecule has 0 spiro atoms. The van der Waals surface area contributed by atoms with Gasteiger partial charge in [-0.2, -0.15) is 4.89 Å². The van der Waals surface area contributed by atoms with Gasteiger partial charge in [-0.3, -0.25) is 9.68 Å². The lowest BCUT2D eigenvalue weighted by molar-refractivity contribution is -0.272. The van der Waals surface area contributed by atoms with E-state index in [1.54, 1.807) is 0 Å². The Bertz CT molecular complexity index is 253. The Labute approximate surface area is 121 Å². The Hall–Kier alpha value is -1.10. The predicted octanol–water partition coefficient (Wildman–Crippen LogP) is 3.86. The molecule has 0 fully saturated rings. The third kappa shape index (κ3) is 15.0. The van der Waals surface area contributed by atoms with Crippen LogP contribution < -0.4 is 0 Å². The zero-order chi connectivity index (χ0) is 15.1. The molecule has 0 unspecified atom stereocenters. The largest absolute Gasteiger partial charge is 0.481 e. The van der Waals surface area contributed by atoms with Crippen molar-refractivity contribution in [1.29, 1.82) is 0 Å². The second kappa shape index (κ2) is 14.3. The Kier molecular flexibility index (Phi) is 13.5. The molecular formula is C15H28O5. The van der Waals surface area contributed by atoms with Crippen LogP contribution in [-0.2, 0) is 19.4 Å². The van der Waals surface area contributed by atoms with Crippen LogP contribution in [0.5, 0.6) is 0 Å². The van der Waals surface area contributed by atoms with E-state index in [0.29, 0.717) is 13.0 Å². The summed E-state index contributed by atoms with van der Waals surface area (Å²) in [7, 11) is 0. The molecule has 5 heteroatoms.